The van der Waals surface area contributed by atoms with Gasteiger partial charge in [-0.3, -0.25) is 0 Å². The quantitative estimate of drug-likeness (QED) is 0.185. The van der Waals surface area contributed by atoms with Crippen LogP contribution in [-0.4, -0.2) is 15.0 Å². The Morgan fingerprint density at radius 1 is 0.360 bits per heavy atom. The SMILES string of the molecule is c1ccc(-c2ccc(-c3nc(-c4ccc(-c5cccc6c5sc5ccccc56)cc4)nc(-c4cccc5c4oc4ccccc45)n3)cc2)cc1. The van der Waals surface area contributed by atoms with Gasteiger partial charge in [-0.25, -0.2) is 15.0 Å². The maximum Gasteiger partial charge on any atom is 0.167 e. The number of hydrogen-bond acceptors (Lipinski definition) is 5. The maximum absolute atomic E-state index is 6.42. The van der Waals surface area contributed by atoms with Crippen LogP contribution in [0.4, 0.5) is 0 Å². The Balaban J connectivity index is 1.11. The summed E-state index contributed by atoms with van der Waals surface area (Å²) >= 11 is 1.84. The van der Waals surface area contributed by atoms with Crippen molar-refractivity contribution in [2.75, 3.05) is 0 Å². The van der Waals surface area contributed by atoms with Gasteiger partial charge in [0.15, 0.2) is 17.5 Å². The van der Waals surface area contributed by atoms with Crippen molar-refractivity contribution in [2.24, 2.45) is 0 Å². The third kappa shape index (κ3) is 4.79. The zero-order valence-corrected chi connectivity index (χ0v) is 27.6. The molecule has 7 aromatic carbocycles. The number of nitrogens with zero attached hydrogens (tertiary/aromatic N) is 3. The summed E-state index contributed by atoms with van der Waals surface area (Å²) in [5.74, 6) is 1.79. The first-order chi connectivity index (χ1) is 24.8. The van der Waals surface area contributed by atoms with E-state index >= 15 is 0 Å². The second-order valence-electron chi connectivity index (χ2n) is 12.4. The van der Waals surface area contributed by atoms with E-state index in [-0.39, 0.29) is 0 Å². The lowest BCUT2D eigenvalue weighted by Gasteiger charge is -2.10. The molecule has 0 aliphatic heterocycles. The van der Waals surface area contributed by atoms with Crippen LogP contribution < -0.4 is 0 Å². The minimum Gasteiger partial charge on any atom is -0.455 e. The van der Waals surface area contributed by atoms with Gasteiger partial charge in [0.25, 0.3) is 0 Å². The lowest BCUT2D eigenvalue weighted by Crippen LogP contribution is -2.00. The Kier molecular flexibility index (Phi) is 6.64. The highest BCUT2D eigenvalue weighted by atomic mass is 32.1. The number of hydrogen-bond donors (Lipinski definition) is 0. The molecule has 0 saturated carbocycles. The molecule has 3 heterocycles. The predicted molar refractivity (Wildman–Crippen MR) is 207 cm³/mol. The van der Waals surface area contributed by atoms with Crippen LogP contribution >= 0.6 is 11.3 Å². The molecule has 0 spiro atoms. The normalized spacial score (nSPS) is 11.6. The highest BCUT2D eigenvalue weighted by Crippen LogP contribution is 2.40. The summed E-state index contributed by atoms with van der Waals surface area (Å²) in [6, 6.07) is 56.8. The minimum atomic E-state index is 0.570. The molecule has 0 bridgehead atoms. The molecule has 0 atom stereocenters. The molecule has 0 amide bonds. The number of rotatable bonds is 5. The Morgan fingerprint density at radius 2 is 0.900 bits per heavy atom. The molecule has 0 unspecified atom stereocenters. The topological polar surface area (TPSA) is 51.8 Å². The monoisotopic (exact) mass is 657 g/mol. The van der Waals surface area contributed by atoms with Gasteiger partial charge in [-0.05, 0) is 40.5 Å². The number of benzene rings is 7. The summed E-state index contributed by atoms with van der Waals surface area (Å²) in [5.41, 5.74) is 8.95. The van der Waals surface area contributed by atoms with Crippen molar-refractivity contribution in [1.29, 1.82) is 0 Å². The van der Waals surface area contributed by atoms with Gasteiger partial charge >= 0.3 is 0 Å². The predicted octanol–water partition coefficient (Wildman–Crippen LogP) is 12.5. The van der Waals surface area contributed by atoms with Gasteiger partial charge in [0.05, 0.1) is 5.56 Å². The van der Waals surface area contributed by atoms with Crippen LogP contribution in [-0.2, 0) is 0 Å². The van der Waals surface area contributed by atoms with E-state index < -0.39 is 0 Å². The Labute approximate surface area is 292 Å². The van der Waals surface area contributed by atoms with Gasteiger partial charge in [0.1, 0.15) is 11.2 Å². The van der Waals surface area contributed by atoms with Crippen LogP contribution in [0, 0.1) is 0 Å². The van der Waals surface area contributed by atoms with Crippen molar-refractivity contribution in [3.05, 3.63) is 164 Å². The molecule has 4 nitrogen and oxygen atoms in total. The number of fused-ring (bicyclic) bond motifs is 6. The van der Waals surface area contributed by atoms with Crippen LogP contribution in [0.15, 0.2) is 168 Å². The van der Waals surface area contributed by atoms with E-state index in [1.54, 1.807) is 0 Å². The second kappa shape index (κ2) is 11.6. The van der Waals surface area contributed by atoms with E-state index in [1.165, 1.54) is 31.3 Å². The third-order valence-electron chi connectivity index (χ3n) is 9.39. The summed E-state index contributed by atoms with van der Waals surface area (Å²) in [6.45, 7) is 0. The lowest BCUT2D eigenvalue weighted by molar-refractivity contribution is 0.669. The molecule has 234 valence electrons. The van der Waals surface area contributed by atoms with Crippen LogP contribution in [0.1, 0.15) is 0 Å². The first kappa shape index (κ1) is 28.6. The summed E-state index contributed by atoms with van der Waals surface area (Å²) < 4.78 is 9.01. The lowest BCUT2D eigenvalue weighted by atomic mass is 10.0. The van der Waals surface area contributed by atoms with Crippen molar-refractivity contribution < 1.29 is 4.42 Å². The van der Waals surface area contributed by atoms with Gasteiger partial charge in [-0.15, -0.1) is 11.3 Å². The Bertz CT molecular complexity index is 2850. The van der Waals surface area contributed by atoms with E-state index in [2.05, 4.69) is 127 Å². The van der Waals surface area contributed by atoms with E-state index in [0.29, 0.717) is 17.5 Å². The number of para-hydroxylation sites is 2. The summed E-state index contributed by atoms with van der Waals surface area (Å²) in [4.78, 5) is 15.2. The van der Waals surface area contributed by atoms with E-state index in [0.717, 1.165) is 49.8 Å². The Morgan fingerprint density at radius 3 is 1.66 bits per heavy atom. The second-order valence-corrected chi connectivity index (χ2v) is 13.4. The fourth-order valence-electron chi connectivity index (χ4n) is 6.89. The maximum atomic E-state index is 6.42. The minimum absolute atomic E-state index is 0.570. The fraction of sp³-hybridized carbons (Fsp3) is 0. The molecule has 5 heteroatoms. The van der Waals surface area contributed by atoms with Gasteiger partial charge in [-0.2, -0.15) is 0 Å². The standard InChI is InChI=1S/C45H27N3OS/c1-2-10-28(11-3-1)29-20-24-31(25-21-29)43-46-44(48-45(47-43)38-17-9-15-36-34-12-4-6-18-39(34)49-41(36)38)32-26-22-30(23-27-32)33-14-8-16-37-35-13-5-7-19-40(35)50-42(33)37/h1-27H. The molecule has 50 heavy (non-hydrogen) atoms. The van der Waals surface area contributed by atoms with Crippen molar-refractivity contribution in [1.82, 2.24) is 15.0 Å². The highest BCUT2D eigenvalue weighted by Gasteiger charge is 2.18. The molecular formula is C45H27N3OS. The van der Waals surface area contributed by atoms with E-state index in [4.69, 9.17) is 19.4 Å². The summed E-state index contributed by atoms with van der Waals surface area (Å²) in [7, 11) is 0. The third-order valence-corrected chi connectivity index (χ3v) is 10.6. The first-order valence-corrected chi connectivity index (χ1v) is 17.4. The van der Waals surface area contributed by atoms with Gasteiger partial charge in [-0.1, -0.05) is 146 Å². The molecule has 10 aromatic rings. The van der Waals surface area contributed by atoms with Crippen molar-refractivity contribution in [3.63, 3.8) is 0 Å². The highest BCUT2D eigenvalue weighted by molar-refractivity contribution is 7.26. The zero-order chi connectivity index (χ0) is 33.0. The molecule has 10 rings (SSSR count). The van der Waals surface area contributed by atoms with Crippen LogP contribution in [0.25, 0.3) is 98.5 Å². The largest absolute Gasteiger partial charge is 0.455 e. The fourth-order valence-corrected chi connectivity index (χ4v) is 8.13. The summed E-state index contributed by atoms with van der Waals surface area (Å²) in [6.07, 6.45) is 0. The van der Waals surface area contributed by atoms with Crippen LogP contribution in [0.3, 0.4) is 0 Å². The average Bonchev–Trinajstić information content (AvgIpc) is 3.77. The molecular weight excluding hydrogens is 631 g/mol. The van der Waals surface area contributed by atoms with Crippen LogP contribution in [0.2, 0.25) is 0 Å². The molecule has 0 N–H and O–H groups in total. The molecule has 0 aliphatic carbocycles. The molecule has 0 saturated heterocycles. The molecule has 0 fully saturated rings. The Hall–Kier alpha value is -6.43. The number of furan rings is 1. The van der Waals surface area contributed by atoms with Crippen molar-refractivity contribution >= 4 is 53.4 Å². The molecule has 0 radical (unpaired) electrons. The van der Waals surface area contributed by atoms with Crippen molar-refractivity contribution in [2.45, 2.75) is 0 Å². The van der Waals surface area contributed by atoms with Crippen molar-refractivity contribution in [3.8, 4) is 56.4 Å². The summed E-state index contributed by atoms with van der Waals surface area (Å²) in [5, 5.41) is 4.69. The van der Waals surface area contributed by atoms with E-state index in [1.807, 2.05) is 47.7 Å². The van der Waals surface area contributed by atoms with Gasteiger partial charge in [0.2, 0.25) is 0 Å². The number of thiophene rings is 1. The van der Waals surface area contributed by atoms with Gasteiger partial charge < -0.3 is 4.42 Å². The molecule has 3 aromatic heterocycles. The zero-order valence-electron chi connectivity index (χ0n) is 26.7. The van der Waals surface area contributed by atoms with Gasteiger partial charge in [0, 0.05) is 42.1 Å². The number of aromatic nitrogens is 3. The first-order valence-electron chi connectivity index (χ1n) is 16.6. The van der Waals surface area contributed by atoms with Crippen LogP contribution in [0.5, 0.6) is 0 Å². The molecule has 0 aliphatic rings. The smallest absolute Gasteiger partial charge is 0.167 e. The van der Waals surface area contributed by atoms with E-state index in [9.17, 15) is 0 Å². The average molecular weight is 658 g/mol.